The van der Waals surface area contributed by atoms with E-state index in [0.29, 0.717) is 29.0 Å². The lowest BCUT2D eigenvalue weighted by Gasteiger charge is -2.10. The lowest BCUT2D eigenvalue weighted by Crippen LogP contribution is -2.27. The maximum Gasteiger partial charge on any atom is 0.352 e. The van der Waals surface area contributed by atoms with Crippen molar-refractivity contribution in [2.45, 2.75) is 20.0 Å². The quantitative estimate of drug-likeness (QED) is 0.433. The summed E-state index contributed by atoms with van der Waals surface area (Å²) in [5.41, 5.74) is 3.07. The van der Waals surface area contributed by atoms with Crippen LogP contribution in [0, 0.1) is 6.92 Å². The number of hydrogen-bond donors (Lipinski definition) is 0. The monoisotopic (exact) mass is 426 g/mol. The molecule has 0 unspecified atom stereocenters. The first kappa shape index (κ1) is 19.8. The number of aryl methyl sites for hydroxylation is 1. The number of para-hydroxylation sites is 1. The summed E-state index contributed by atoms with van der Waals surface area (Å²) in [7, 11) is 1.60. The summed E-state index contributed by atoms with van der Waals surface area (Å²) in [6, 6.07) is 22.6. The average molecular weight is 426 g/mol. The predicted molar refractivity (Wildman–Crippen MR) is 124 cm³/mol. The van der Waals surface area contributed by atoms with E-state index in [1.54, 1.807) is 29.9 Å². The Hall–Kier alpha value is -4.13. The molecule has 0 aliphatic rings. The Morgan fingerprint density at radius 1 is 0.875 bits per heavy atom. The fourth-order valence-electron chi connectivity index (χ4n) is 3.93. The average Bonchev–Trinajstić information content (AvgIpc) is 3.14. The van der Waals surface area contributed by atoms with Gasteiger partial charge in [-0.3, -0.25) is 9.36 Å². The Balaban J connectivity index is 1.72. The lowest BCUT2D eigenvalue weighted by molar-refractivity contribution is 0.414. The summed E-state index contributed by atoms with van der Waals surface area (Å²) in [5.74, 6) is 1.03. The highest BCUT2D eigenvalue weighted by atomic mass is 16.5. The van der Waals surface area contributed by atoms with Gasteiger partial charge in [-0.25, -0.2) is 13.9 Å². The maximum absolute atomic E-state index is 13.4. The molecule has 2 aromatic heterocycles. The van der Waals surface area contributed by atoms with Crippen LogP contribution in [0.25, 0.3) is 16.7 Å². The Bertz CT molecular complexity index is 1560. The van der Waals surface area contributed by atoms with E-state index < -0.39 is 0 Å². The van der Waals surface area contributed by atoms with Crippen LogP contribution in [0.5, 0.6) is 5.75 Å². The van der Waals surface area contributed by atoms with Crippen LogP contribution < -0.4 is 16.0 Å². The smallest absolute Gasteiger partial charge is 0.352 e. The van der Waals surface area contributed by atoms with Gasteiger partial charge in [0.25, 0.3) is 5.56 Å². The van der Waals surface area contributed by atoms with E-state index in [1.807, 2.05) is 61.5 Å². The molecule has 160 valence electrons. The molecule has 0 atom stereocenters. The minimum absolute atomic E-state index is 0.174. The normalized spacial score (nSPS) is 11.3. The third-order valence-corrected chi connectivity index (χ3v) is 5.61. The fraction of sp³-hybridized carbons (Fsp3) is 0.160. The molecule has 0 radical (unpaired) electrons. The molecule has 0 bridgehead atoms. The van der Waals surface area contributed by atoms with Crippen LogP contribution in [0.15, 0.2) is 82.4 Å². The molecular formula is C25H22N4O3. The summed E-state index contributed by atoms with van der Waals surface area (Å²) >= 11 is 0. The first-order chi connectivity index (χ1) is 15.5. The van der Waals surface area contributed by atoms with Gasteiger partial charge in [-0.2, -0.15) is 0 Å². The largest absolute Gasteiger partial charge is 0.497 e. The number of nitrogens with zero attached hydrogens (tertiary/aromatic N) is 4. The number of methoxy groups -OCH3 is 1. The first-order valence-corrected chi connectivity index (χ1v) is 10.3. The van der Waals surface area contributed by atoms with Crippen molar-refractivity contribution in [3.05, 3.63) is 110 Å². The van der Waals surface area contributed by atoms with Crippen LogP contribution in [0.3, 0.4) is 0 Å². The summed E-state index contributed by atoms with van der Waals surface area (Å²) < 4.78 is 9.77. The van der Waals surface area contributed by atoms with Gasteiger partial charge in [-0.1, -0.05) is 54.1 Å². The van der Waals surface area contributed by atoms with Gasteiger partial charge in [-0.05, 0) is 42.3 Å². The number of fused-ring (bicyclic) bond motifs is 3. The Morgan fingerprint density at radius 2 is 1.66 bits per heavy atom. The SMILES string of the molecule is COc1cccc(Cn2nc3n(Cc4ccc(C)cc4)c(=O)c4ccccc4n3c2=O)c1. The van der Waals surface area contributed by atoms with E-state index in [9.17, 15) is 9.59 Å². The fourth-order valence-corrected chi connectivity index (χ4v) is 3.93. The topological polar surface area (TPSA) is 70.5 Å². The van der Waals surface area contributed by atoms with Crippen LogP contribution in [0.4, 0.5) is 0 Å². The number of rotatable bonds is 5. The van der Waals surface area contributed by atoms with Crippen molar-refractivity contribution in [3.8, 4) is 5.75 Å². The summed E-state index contributed by atoms with van der Waals surface area (Å²) in [4.78, 5) is 26.7. The predicted octanol–water partition coefficient (Wildman–Crippen LogP) is 3.22. The van der Waals surface area contributed by atoms with Gasteiger partial charge in [0.2, 0.25) is 5.78 Å². The van der Waals surface area contributed by atoms with Crippen LogP contribution >= 0.6 is 0 Å². The second-order valence-corrected chi connectivity index (χ2v) is 7.82. The minimum atomic E-state index is -0.295. The van der Waals surface area contributed by atoms with Crippen molar-refractivity contribution >= 4 is 16.7 Å². The zero-order chi connectivity index (χ0) is 22.2. The number of hydrogen-bond acceptors (Lipinski definition) is 4. The van der Waals surface area contributed by atoms with Gasteiger partial charge >= 0.3 is 5.69 Å². The zero-order valence-electron chi connectivity index (χ0n) is 17.9. The minimum Gasteiger partial charge on any atom is -0.497 e. The molecule has 0 N–H and O–H groups in total. The van der Waals surface area contributed by atoms with Crippen LogP contribution in [-0.2, 0) is 13.1 Å². The second-order valence-electron chi connectivity index (χ2n) is 7.82. The van der Waals surface area contributed by atoms with E-state index in [2.05, 4.69) is 5.10 Å². The van der Waals surface area contributed by atoms with Gasteiger partial charge < -0.3 is 4.74 Å². The van der Waals surface area contributed by atoms with E-state index in [1.165, 1.54) is 9.08 Å². The zero-order valence-corrected chi connectivity index (χ0v) is 17.9. The van der Waals surface area contributed by atoms with E-state index >= 15 is 0 Å². The highest BCUT2D eigenvalue weighted by Gasteiger charge is 2.17. The molecule has 0 saturated carbocycles. The molecule has 0 amide bonds. The third-order valence-electron chi connectivity index (χ3n) is 5.61. The Labute approximate surface area is 183 Å². The molecule has 0 aliphatic heterocycles. The molecule has 0 fully saturated rings. The van der Waals surface area contributed by atoms with Crippen LogP contribution in [0.1, 0.15) is 16.7 Å². The van der Waals surface area contributed by atoms with Gasteiger partial charge in [0, 0.05) is 0 Å². The van der Waals surface area contributed by atoms with E-state index in [4.69, 9.17) is 4.74 Å². The van der Waals surface area contributed by atoms with E-state index in [-0.39, 0.29) is 17.8 Å². The first-order valence-electron chi connectivity index (χ1n) is 10.3. The molecule has 5 rings (SSSR count). The second kappa shape index (κ2) is 7.85. The molecule has 7 nitrogen and oxygen atoms in total. The van der Waals surface area contributed by atoms with Crippen molar-refractivity contribution < 1.29 is 4.74 Å². The summed E-state index contributed by atoms with van der Waals surface area (Å²) in [5, 5.41) is 5.06. The van der Waals surface area contributed by atoms with Gasteiger partial charge in [-0.15, -0.1) is 5.10 Å². The molecule has 5 aromatic rings. The molecule has 2 heterocycles. The van der Waals surface area contributed by atoms with Crippen molar-refractivity contribution in [1.82, 2.24) is 18.7 Å². The number of aromatic nitrogens is 4. The Kier molecular flexibility index (Phi) is 4.86. The molecule has 0 spiro atoms. The summed E-state index contributed by atoms with van der Waals surface area (Å²) in [6.07, 6.45) is 0. The highest BCUT2D eigenvalue weighted by molar-refractivity contribution is 5.80. The molecule has 7 heteroatoms. The van der Waals surface area contributed by atoms with Crippen LogP contribution in [-0.4, -0.2) is 25.9 Å². The van der Waals surface area contributed by atoms with Crippen molar-refractivity contribution in [3.63, 3.8) is 0 Å². The maximum atomic E-state index is 13.4. The number of benzene rings is 3. The van der Waals surface area contributed by atoms with E-state index in [0.717, 1.165) is 16.7 Å². The molecule has 0 saturated heterocycles. The summed E-state index contributed by atoms with van der Waals surface area (Å²) in [6.45, 7) is 2.61. The number of ether oxygens (including phenoxy) is 1. The standard InChI is InChI=1S/C25H22N4O3/c1-17-10-12-18(13-11-17)15-27-23(30)21-8-3-4-9-22(21)29-24(27)26-28(25(29)31)16-19-6-5-7-20(14-19)32-2/h3-14H,15-16H2,1-2H3. The molecule has 32 heavy (non-hydrogen) atoms. The lowest BCUT2D eigenvalue weighted by atomic mass is 10.1. The third kappa shape index (κ3) is 3.37. The molecular weight excluding hydrogens is 404 g/mol. The van der Waals surface area contributed by atoms with Gasteiger partial charge in [0.15, 0.2) is 0 Å². The van der Waals surface area contributed by atoms with Crippen molar-refractivity contribution in [2.75, 3.05) is 7.11 Å². The van der Waals surface area contributed by atoms with Crippen molar-refractivity contribution in [2.24, 2.45) is 0 Å². The highest BCUT2D eigenvalue weighted by Crippen LogP contribution is 2.15. The van der Waals surface area contributed by atoms with Gasteiger partial charge in [0.05, 0.1) is 31.1 Å². The van der Waals surface area contributed by atoms with Crippen molar-refractivity contribution in [1.29, 1.82) is 0 Å². The Morgan fingerprint density at radius 3 is 2.44 bits per heavy atom. The van der Waals surface area contributed by atoms with Gasteiger partial charge in [0.1, 0.15) is 5.75 Å². The molecule has 3 aromatic carbocycles. The molecule has 0 aliphatic carbocycles. The van der Waals surface area contributed by atoms with Crippen LogP contribution in [0.2, 0.25) is 0 Å².